The van der Waals surface area contributed by atoms with Gasteiger partial charge in [-0.15, -0.1) is 0 Å². The highest BCUT2D eigenvalue weighted by Gasteiger charge is 2.17. The number of H-pyrrole nitrogens is 1. The van der Waals surface area contributed by atoms with Crippen molar-refractivity contribution in [1.29, 1.82) is 0 Å². The molecule has 3 N–H and O–H groups in total. The average molecular weight is 289 g/mol. The Balaban J connectivity index is 2.11. The number of phenols is 1. The van der Waals surface area contributed by atoms with E-state index in [1.807, 2.05) is 0 Å². The van der Waals surface area contributed by atoms with Crippen molar-refractivity contribution in [3.63, 3.8) is 0 Å². The van der Waals surface area contributed by atoms with E-state index in [1.165, 1.54) is 12.5 Å². The van der Waals surface area contributed by atoms with Gasteiger partial charge in [0.05, 0.1) is 18.2 Å². The molecular formula is C13H11N3O3S. The van der Waals surface area contributed by atoms with E-state index in [2.05, 4.69) is 14.7 Å². The molecule has 1 aromatic heterocycles. The Labute approximate surface area is 115 Å². The summed E-state index contributed by atoms with van der Waals surface area (Å²) in [5.74, 6) is 0.102. The van der Waals surface area contributed by atoms with Crippen molar-refractivity contribution in [3.05, 3.63) is 48.9 Å². The number of imidazole rings is 1. The third kappa shape index (κ3) is 2.08. The van der Waals surface area contributed by atoms with Crippen LogP contribution < -0.4 is 4.72 Å². The van der Waals surface area contributed by atoms with Crippen LogP contribution in [0.15, 0.2) is 53.9 Å². The summed E-state index contributed by atoms with van der Waals surface area (Å²) in [6, 6.07) is 9.97. The molecule has 20 heavy (non-hydrogen) atoms. The number of aromatic nitrogens is 2. The van der Waals surface area contributed by atoms with Crippen LogP contribution in [0.5, 0.6) is 5.75 Å². The monoisotopic (exact) mass is 289 g/mol. The summed E-state index contributed by atoms with van der Waals surface area (Å²) < 4.78 is 26.8. The lowest BCUT2D eigenvalue weighted by molar-refractivity contribution is 0.481. The Morgan fingerprint density at radius 1 is 1.10 bits per heavy atom. The SMILES string of the molecule is O=S(=O)(Nc1cccc2c(O)cccc12)c1cnc[nH]1. The Morgan fingerprint density at radius 3 is 2.60 bits per heavy atom. The lowest BCUT2D eigenvalue weighted by atomic mass is 10.1. The third-order valence-electron chi connectivity index (χ3n) is 2.91. The molecule has 0 aliphatic rings. The van der Waals surface area contributed by atoms with Crippen molar-refractivity contribution in [2.75, 3.05) is 4.72 Å². The van der Waals surface area contributed by atoms with Crippen LogP contribution in [-0.2, 0) is 10.0 Å². The lowest BCUT2D eigenvalue weighted by Crippen LogP contribution is -2.13. The molecule has 3 rings (SSSR count). The van der Waals surface area contributed by atoms with Crippen LogP contribution in [0.3, 0.4) is 0 Å². The van der Waals surface area contributed by atoms with Crippen LogP contribution in [0.4, 0.5) is 5.69 Å². The van der Waals surface area contributed by atoms with Crippen LogP contribution in [0.2, 0.25) is 0 Å². The lowest BCUT2D eigenvalue weighted by Gasteiger charge is -2.10. The first-order chi connectivity index (χ1) is 9.58. The van der Waals surface area contributed by atoms with Gasteiger partial charge >= 0.3 is 0 Å². The van der Waals surface area contributed by atoms with E-state index in [1.54, 1.807) is 36.4 Å². The van der Waals surface area contributed by atoms with Gasteiger partial charge in [0.25, 0.3) is 10.0 Å². The molecule has 0 radical (unpaired) electrons. The number of sulfonamides is 1. The maximum absolute atomic E-state index is 12.1. The van der Waals surface area contributed by atoms with Gasteiger partial charge in [-0.05, 0) is 12.1 Å². The summed E-state index contributed by atoms with van der Waals surface area (Å²) in [4.78, 5) is 6.24. The standard InChI is InChI=1S/C13H11N3O3S/c17-12-6-2-3-9-10(12)4-1-5-11(9)16-20(18,19)13-7-14-8-15-13/h1-8,16-17H,(H,14,15). The number of anilines is 1. The van der Waals surface area contributed by atoms with Crippen molar-refractivity contribution in [2.24, 2.45) is 0 Å². The second-order valence-corrected chi connectivity index (χ2v) is 5.85. The predicted octanol–water partition coefficient (Wildman–Crippen LogP) is 2.07. The molecule has 0 aliphatic heterocycles. The number of rotatable bonds is 3. The van der Waals surface area contributed by atoms with E-state index >= 15 is 0 Å². The van der Waals surface area contributed by atoms with Gasteiger partial charge in [-0.25, -0.2) is 4.98 Å². The Kier molecular flexibility index (Phi) is 2.83. The second-order valence-electron chi connectivity index (χ2n) is 4.20. The summed E-state index contributed by atoms with van der Waals surface area (Å²) in [6.45, 7) is 0. The molecule has 102 valence electrons. The van der Waals surface area contributed by atoms with Gasteiger partial charge < -0.3 is 10.1 Å². The molecule has 0 amide bonds. The molecular weight excluding hydrogens is 278 g/mol. The largest absolute Gasteiger partial charge is 0.507 e. The normalized spacial score (nSPS) is 11.6. The van der Waals surface area contributed by atoms with Crippen molar-refractivity contribution in [1.82, 2.24) is 9.97 Å². The molecule has 6 nitrogen and oxygen atoms in total. The van der Waals surface area contributed by atoms with Crippen LogP contribution in [0.1, 0.15) is 0 Å². The number of hydrogen-bond donors (Lipinski definition) is 3. The highest BCUT2D eigenvalue weighted by Crippen LogP contribution is 2.30. The zero-order chi connectivity index (χ0) is 14.2. The summed E-state index contributed by atoms with van der Waals surface area (Å²) in [7, 11) is -3.72. The summed E-state index contributed by atoms with van der Waals surface area (Å²) in [5, 5.41) is 11.0. The Hall–Kier alpha value is -2.54. The first kappa shape index (κ1) is 12.5. The molecule has 0 saturated heterocycles. The van der Waals surface area contributed by atoms with Crippen LogP contribution in [0, 0.1) is 0 Å². The highest BCUT2D eigenvalue weighted by atomic mass is 32.2. The summed E-state index contributed by atoms with van der Waals surface area (Å²) in [6.07, 6.45) is 2.52. The second kappa shape index (κ2) is 4.53. The zero-order valence-electron chi connectivity index (χ0n) is 10.2. The maximum atomic E-state index is 12.1. The predicted molar refractivity (Wildman–Crippen MR) is 75.0 cm³/mol. The van der Waals surface area contributed by atoms with Crippen molar-refractivity contribution in [2.45, 2.75) is 5.03 Å². The van der Waals surface area contributed by atoms with E-state index in [-0.39, 0.29) is 10.8 Å². The number of benzene rings is 2. The molecule has 0 saturated carbocycles. The minimum Gasteiger partial charge on any atom is -0.507 e. The molecule has 2 aromatic carbocycles. The van der Waals surface area contributed by atoms with Crippen LogP contribution in [-0.4, -0.2) is 23.5 Å². The minimum absolute atomic E-state index is 0.0188. The summed E-state index contributed by atoms with van der Waals surface area (Å²) >= 11 is 0. The van der Waals surface area contributed by atoms with E-state index in [4.69, 9.17) is 0 Å². The molecule has 0 fully saturated rings. The molecule has 0 atom stereocenters. The topological polar surface area (TPSA) is 95.1 Å². The Morgan fingerprint density at radius 2 is 1.85 bits per heavy atom. The number of hydrogen-bond acceptors (Lipinski definition) is 4. The smallest absolute Gasteiger partial charge is 0.278 e. The van der Waals surface area contributed by atoms with E-state index < -0.39 is 10.0 Å². The fourth-order valence-corrected chi connectivity index (χ4v) is 2.96. The quantitative estimate of drug-likeness (QED) is 0.688. The Bertz CT molecular complexity index is 858. The van der Waals surface area contributed by atoms with Crippen LogP contribution >= 0.6 is 0 Å². The number of nitrogens with one attached hydrogen (secondary N) is 2. The number of phenolic OH excluding ortho intramolecular Hbond substituents is 1. The van der Waals surface area contributed by atoms with Gasteiger partial charge in [-0.1, -0.05) is 24.3 Å². The van der Waals surface area contributed by atoms with Gasteiger partial charge in [0.2, 0.25) is 0 Å². The van der Waals surface area contributed by atoms with Gasteiger partial charge in [0.1, 0.15) is 5.75 Å². The first-order valence-corrected chi connectivity index (χ1v) is 7.28. The van der Waals surface area contributed by atoms with E-state index in [9.17, 15) is 13.5 Å². The van der Waals surface area contributed by atoms with Crippen molar-refractivity contribution in [3.8, 4) is 5.75 Å². The van der Waals surface area contributed by atoms with Gasteiger partial charge in [-0.2, -0.15) is 8.42 Å². The first-order valence-electron chi connectivity index (χ1n) is 5.80. The number of aromatic hydroxyl groups is 1. The molecule has 0 aliphatic carbocycles. The highest BCUT2D eigenvalue weighted by molar-refractivity contribution is 7.92. The van der Waals surface area contributed by atoms with E-state index in [0.29, 0.717) is 16.5 Å². The molecule has 0 unspecified atom stereocenters. The molecule has 1 heterocycles. The maximum Gasteiger partial charge on any atom is 0.278 e. The summed E-state index contributed by atoms with van der Waals surface area (Å²) in [5.41, 5.74) is 0.396. The zero-order valence-corrected chi connectivity index (χ0v) is 11.1. The molecule has 3 aromatic rings. The third-order valence-corrected chi connectivity index (χ3v) is 4.20. The fourth-order valence-electron chi connectivity index (χ4n) is 1.97. The molecule has 0 bridgehead atoms. The fraction of sp³-hybridized carbons (Fsp3) is 0. The van der Waals surface area contributed by atoms with Gasteiger partial charge in [-0.3, -0.25) is 4.72 Å². The number of fused-ring (bicyclic) bond motifs is 1. The van der Waals surface area contributed by atoms with Gasteiger partial charge in [0, 0.05) is 10.8 Å². The minimum atomic E-state index is -3.72. The number of aromatic amines is 1. The van der Waals surface area contributed by atoms with E-state index in [0.717, 1.165) is 0 Å². The van der Waals surface area contributed by atoms with Crippen molar-refractivity contribution < 1.29 is 13.5 Å². The average Bonchev–Trinajstić information content (AvgIpc) is 2.94. The van der Waals surface area contributed by atoms with Gasteiger partial charge in [0.15, 0.2) is 5.03 Å². The van der Waals surface area contributed by atoms with Crippen molar-refractivity contribution >= 4 is 26.5 Å². The molecule has 7 heteroatoms. The van der Waals surface area contributed by atoms with Crippen LogP contribution in [0.25, 0.3) is 10.8 Å². The molecule has 0 spiro atoms. The number of nitrogens with zero attached hydrogens (tertiary/aromatic N) is 1.